The Hall–Kier alpha value is -0.483. The highest BCUT2D eigenvalue weighted by Crippen LogP contribution is 2.36. The predicted molar refractivity (Wildman–Crippen MR) is 102 cm³/mol. The van der Waals surface area contributed by atoms with Gasteiger partial charge < -0.3 is 9.16 Å². The Kier molecular flexibility index (Phi) is 7.64. The van der Waals surface area contributed by atoms with E-state index in [1.807, 2.05) is 0 Å². The molecule has 0 N–H and O–H groups in total. The minimum atomic E-state index is -3.64. The first-order valence-corrected chi connectivity index (χ1v) is 13.3. The van der Waals surface area contributed by atoms with E-state index in [0.29, 0.717) is 4.47 Å². The normalized spacial score (nSPS) is 14.4. The molecule has 0 radical (unpaired) electrons. The van der Waals surface area contributed by atoms with E-state index in [1.54, 1.807) is 6.07 Å². The largest absolute Gasteiger partial charge is 0.482 e. The molecular formula is C16H26BrFO5SSi. The van der Waals surface area contributed by atoms with Crippen molar-refractivity contribution >= 4 is 34.4 Å². The summed E-state index contributed by atoms with van der Waals surface area (Å²) in [6.45, 7) is 10.3. The van der Waals surface area contributed by atoms with Crippen molar-refractivity contribution in [2.24, 2.45) is 0 Å². The Bertz CT molecular complexity index is 688. The maximum Gasteiger partial charge on any atom is 0.264 e. The van der Waals surface area contributed by atoms with Crippen LogP contribution in [0.25, 0.3) is 0 Å². The Morgan fingerprint density at radius 2 is 1.84 bits per heavy atom. The SMILES string of the molecule is CC(C)(C)[Si](C)(C)OC[C@@H](COS(C)(=O)=O)Oc1cc(Br)ccc1F. The summed E-state index contributed by atoms with van der Waals surface area (Å²) >= 11 is 3.26. The summed E-state index contributed by atoms with van der Waals surface area (Å²) in [7, 11) is -5.71. The van der Waals surface area contributed by atoms with E-state index in [-0.39, 0.29) is 24.0 Å². The third-order valence-corrected chi connectivity index (χ3v) is 9.65. The predicted octanol–water partition coefficient (Wildman–Crippen LogP) is 4.33. The zero-order valence-corrected chi connectivity index (χ0v) is 18.8. The summed E-state index contributed by atoms with van der Waals surface area (Å²) in [5.74, 6) is -0.532. The van der Waals surface area contributed by atoms with Gasteiger partial charge in [-0.05, 0) is 36.3 Å². The molecule has 1 rings (SSSR count). The molecule has 0 bridgehead atoms. The molecular weight excluding hydrogens is 431 g/mol. The Morgan fingerprint density at radius 3 is 2.36 bits per heavy atom. The second-order valence-electron chi connectivity index (χ2n) is 7.37. The second-order valence-corrected chi connectivity index (χ2v) is 14.7. The van der Waals surface area contributed by atoms with Crippen molar-refractivity contribution in [1.29, 1.82) is 0 Å². The van der Waals surface area contributed by atoms with Crippen molar-refractivity contribution in [3.8, 4) is 5.75 Å². The van der Waals surface area contributed by atoms with Crippen molar-refractivity contribution in [1.82, 2.24) is 0 Å². The van der Waals surface area contributed by atoms with Gasteiger partial charge in [-0.15, -0.1) is 0 Å². The summed E-state index contributed by atoms with van der Waals surface area (Å²) in [6.07, 6.45) is 0.200. The summed E-state index contributed by atoms with van der Waals surface area (Å²) in [4.78, 5) is 0. The van der Waals surface area contributed by atoms with Gasteiger partial charge in [0.15, 0.2) is 19.9 Å². The molecule has 144 valence electrons. The van der Waals surface area contributed by atoms with Crippen LogP contribution in [-0.4, -0.2) is 42.3 Å². The molecule has 1 atom stereocenters. The molecule has 0 aromatic heterocycles. The zero-order valence-electron chi connectivity index (χ0n) is 15.4. The minimum Gasteiger partial charge on any atom is -0.482 e. The third-order valence-electron chi connectivity index (χ3n) is 4.09. The summed E-state index contributed by atoms with van der Waals surface area (Å²) in [5.41, 5.74) is 0. The standard InChI is InChI=1S/C16H26BrFO5SSi/c1-16(2,3)25(5,6)22-11-13(10-21-24(4,19)20)23-15-9-12(17)7-8-14(15)18/h7-9,13H,10-11H2,1-6H3/t13-/m1/s1. The van der Waals surface area contributed by atoms with Gasteiger partial charge in [0.25, 0.3) is 10.1 Å². The zero-order chi connectivity index (χ0) is 19.5. The molecule has 0 spiro atoms. The van der Waals surface area contributed by atoms with Crippen LogP contribution in [0.3, 0.4) is 0 Å². The van der Waals surface area contributed by atoms with Crippen molar-refractivity contribution in [2.45, 2.75) is 45.0 Å². The molecule has 0 fully saturated rings. The molecule has 0 amide bonds. The van der Waals surface area contributed by atoms with Crippen LogP contribution in [-0.2, 0) is 18.7 Å². The lowest BCUT2D eigenvalue weighted by Gasteiger charge is -2.37. The monoisotopic (exact) mass is 456 g/mol. The number of ether oxygens (including phenoxy) is 1. The minimum absolute atomic E-state index is 0.00954. The highest BCUT2D eigenvalue weighted by atomic mass is 79.9. The Labute approximate surface area is 159 Å². The van der Waals surface area contributed by atoms with Crippen LogP contribution in [0.2, 0.25) is 18.1 Å². The molecule has 0 aliphatic heterocycles. The average Bonchev–Trinajstić information content (AvgIpc) is 2.43. The molecule has 0 aliphatic carbocycles. The molecule has 0 heterocycles. The van der Waals surface area contributed by atoms with Gasteiger partial charge in [0.2, 0.25) is 0 Å². The van der Waals surface area contributed by atoms with Crippen molar-refractivity contribution in [3.63, 3.8) is 0 Å². The lowest BCUT2D eigenvalue weighted by atomic mass is 10.2. The molecule has 0 saturated heterocycles. The number of rotatable bonds is 8. The average molecular weight is 457 g/mol. The highest BCUT2D eigenvalue weighted by Gasteiger charge is 2.38. The Balaban J connectivity index is 2.91. The van der Waals surface area contributed by atoms with Crippen LogP contribution < -0.4 is 4.74 Å². The van der Waals surface area contributed by atoms with Crippen molar-refractivity contribution in [3.05, 3.63) is 28.5 Å². The third kappa shape index (κ3) is 7.74. The van der Waals surface area contributed by atoms with Gasteiger partial charge in [0.1, 0.15) is 12.7 Å². The number of halogens is 2. The van der Waals surface area contributed by atoms with Crippen molar-refractivity contribution < 1.29 is 26.2 Å². The van der Waals surface area contributed by atoms with Gasteiger partial charge in [-0.1, -0.05) is 36.7 Å². The first kappa shape index (κ1) is 22.6. The molecule has 0 aliphatic rings. The fraction of sp³-hybridized carbons (Fsp3) is 0.625. The maximum atomic E-state index is 13.9. The van der Waals surface area contributed by atoms with Crippen LogP contribution in [0.5, 0.6) is 5.75 Å². The maximum absolute atomic E-state index is 13.9. The molecule has 0 unspecified atom stereocenters. The van der Waals surface area contributed by atoms with Crippen LogP contribution in [0.1, 0.15) is 20.8 Å². The lowest BCUT2D eigenvalue weighted by molar-refractivity contribution is 0.0753. The van der Waals surface area contributed by atoms with Crippen molar-refractivity contribution in [2.75, 3.05) is 19.5 Å². The van der Waals surface area contributed by atoms with Gasteiger partial charge in [-0.25, -0.2) is 4.39 Å². The van der Waals surface area contributed by atoms with Crippen LogP contribution in [0.4, 0.5) is 4.39 Å². The number of benzene rings is 1. The van der Waals surface area contributed by atoms with E-state index < -0.39 is 30.4 Å². The summed E-state index contributed by atoms with van der Waals surface area (Å²) in [5, 5.41) is -0.0176. The fourth-order valence-electron chi connectivity index (χ4n) is 1.58. The molecule has 9 heteroatoms. The van der Waals surface area contributed by atoms with Crippen LogP contribution in [0.15, 0.2) is 22.7 Å². The van der Waals surface area contributed by atoms with Gasteiger partial charge in [-0.3, -0.25) is 4.18 Å². The number of hydrogen-bond donors (Lipinski definition) is 0. The van der Waals surface area contributed by atoms with Gasteiger partial charge in [-0.2, -0.15) is 8.42 Å². The highest BCUT2D eigenvalue weighted by molar-refractivity contribution is 9.10. The van der Waals surface area contributed by atoms with Gasteiger partial charge >= 0.3 is 0 Å². The molecule has 1 aromatic rings. The molecule has 1 aromatic carbocycles. The van der Waals surface area contributed by atoms with E-state index in [1.165, 1.54) is 12.1 Å². The molecule has 0 saturated carbocycles. The first-order chi connectivity index (χ1) is 11.2. The fourth-order valence-corrected chi connectivity index (χ4v) is 3.36. The smallest absolute Gasteiger partial charge is 0.264 e. The van der Waals surface area contributed by atoms with E-state index in [0.717, 1.165) is 6.26 Å². The van der Waals surface area contributed by atoms with Gasteiger partial charge in [0, 0.05) is 4.47 Å². The van der Waals surface area contributed by atoms with E-state index >= 15 is 0 Å². The van der Waals surface area contributed by atoms with Crippen LogP contribution >= 0.6 is 15.9 Å². The van der Waals surface area contributed by atoms with Gasteiger partial charge in [0.05, 0.1) is 12.9 Å². The molecule has 25 heavy (non-hydrogen) atoms. The quantitative estimate of drug-likeness (QED) is 0.430. The Morgan fingerprint density at radius 1 is 1.24 bits per heavy atom. The lowest BCUT2D eigenvalue weighted by Crippen LogP contribution is -2.44. The topological polar surface area (TPSA) is 61.8 Å². The van der Waals surface area contributed by atoms with E-state index in [2.05, 4.69) is 49.8 Å². The van der Waals surface area contributed by atoms with E-state index in [9.17, 15) is 12.8 Å². The molecule has 5 nitrogen and oxygen atoms in total. The summed E-state index contributed by atoms with van der Waals surface area (Å²) < 4.78 is 53.7. The second kappa shape index (κ2) is 8.47. The summed E-state index contributed by atoms with van der Waals surface area (Å²) in [6, 6.07) is 4.30. The first-order valence-electron chi connectivity index (χ1n) is 7.81. The van der Waals surface area contributed by atoms with E-state index in [4.69, 9.17) is 13.3 Å². The number of hydrogen-bond acceptors (Lipinski definition) is 5. The van der Waals surface area contributed by atoms with Crippen LogP contribution in [0, 0.1) is 5.82 Å².